The summed E-state index contributed by atoms with van der Waals surface area (Å²) in [5, 5.41) is 15.5. The smallest absolute Gasteiger partial charge is 0.263 e. The molecule has 0 fully saturated rings. The summed E-state index contributed by atoms with van der Waals surface area (Å²) in [6.07, 6.45) is 1.75. The van der Waals surface area contributed by atoms with Crippen LogP contribution in [-0.2, 0) is 16.4 Å². The summed E-state index contributed by atoms with van der Waals surface area (Å²) in [6, 6.07) is 9.40. The second-order valence-electron chi connectivity index (χ2n) is 4.27. The first kappa shape index (κ1) is 14.1. The largest absolute Gasteiger partial charge is 0.280 e. The highest BCUT2D eigenvalue weighted by Gasteiger charge is 2.16. The number of benzene rings is 1. The highest BCUT2D eigenvalue weighted by atomic mass is 32.2. The van der Waals surface area contributed by atoms with E-state index in [0.717, 1.165) is 18.5 Å². The van der Waals surface area contributed by atoms with E-state index in [-0.39, 0.29) is 10.7 Å². The molecule has 2 aromatic rings. The minimum absolute atomic E-state index is 0.0385. The van der Waals surface area contributed by atoms with E-state index in [1.807, 2.05) is 13.0 Å². The number of nitrogens with one attached hydrogen (secondary N) is 2. The van der Waals surface area contributed by atoms with E-state index < -0.39 is 10.0 Å². The number of hydrogen-bond acceptors (Lipinski definition) is 4. The molecule has 0 unspecified atom stereocenters. The van der Waals surface area contributed by atoms with Crippen molar-refractivity contribution in [2.24, 2.45) is 0 Å². The molecule has 1 aromatic carbocycles. The number of rotatable bonds is 5. The van der Waals surface area contributed by atoms with Gasteiger partial charge in [-0.15, -0.1) is 0 Å². The van der Waals surface area contributed by atoms with Crippen molar-refractivity contribution in [2.75, 3.05) is 4.72 Å². The van der Waals surface area contributed by atoms with Crippen LogP contribution in [0.15, 0.2) is 35.2 Å². The lowest BCUT2D eigenvalue weighted by molar-refractivity contribution is 0.601. The number of nitriles is 1. The second kappa shape index (κ2) is 5.75. The van der Waals surface area contributed by atoms with Crippen LogP contribution >= 0.6 is 0 Å². The van der Waals surface area contributed by atoms with Gasteiger partial charge in [0.25, 0.3) is 10.0 Å². The van der Waals surface area contributed by atoms with E-state index in [9.17, 15) is 8.42 Å². The van der Waals surface area contributed by atoms with Crippen LogP contribution in [0.1, 0.15) is 24.6 Å². The van der Waals surface area contributed by atoms with Crippen molar-refractivity contribution in [3.63, 3.8) is 0 Å². The lowest BCUT2D eigenvalue weighted by atomic mass is 10.2. The number of sulfonamides is 1. The topological polar surface area (TPSA) is 98.6 Å². The van der Waals surface area contributed by atoms with E-state index in [0.29, 0.717) is 5.56 Å². The predicted octanol–water partition coefficient (Wildman–Crippen LogP) is 2.03. The number of aromatic amines is 1. The first-order valence-electron chi connectivity index (χ1n) is 6.12. The maximum absolute atomic E-state index is 12.2. The van der Waals surface area contributed by atoms with E-state index in [4.69, 9.17) is 5.26 Å². The fraction of sp³-hybridized carbons (Fsp3) is 0.231. The maximum Gasteiger partial charge on any atom is 0.263 e. The van der Waals surface area contributed by atoms with Crippen LogP contribution in [0, 0.1) is 11.3 Å². The number of nitrogens with zero attached hydrogens (tertiary/aromatic N) is 2. The second-order valence-corrected chi connectivity index (χ2v) is 5.96. The SMILES string of the molecule is CCCc1cc(NS(=O)(=O)c2cccc(C#N)c2)n[nH]1. The van der Waals surface area contributed by atoms with Gasteiger partial charge >= 0.3 is 0 Å². The summed E-state index contributed by atoms with van der Waals surface area (Å²) in [7, 11) is -3.73. The van der Waals surface area contributed by atoms with Gasteiger partial charge in [0.2, 0.25) is 0 Å². The fourth-order valence-corrected chi connectivity index (χ4v) is 2.78. The van der Waals surface area contributed by atoms with Crippen molar-refractivity contribution in [2.45, 2.75) is 24.7 Å². The first-order chi connectivity index (χ1) is 9.55. The first-order valence-corrected chi connectivity index (χ1v) is 7.60. The lowest BCUT2D eigenvalue weighted by Crippen LogP contribution is -2.13. The Bertz CT molecular complexity index is 744. The van der Waals surface area contributed by atoms with Gasteiger partial charge in [-0.3, -0.25) is 9.82 Å². The number of aromatic nitrogens is 2. The number of anilines is 1. The molecule has 20 heavy (non-hydrogen) atoms. The summed E-state index contributed by atoms with van der Waals surface area (Å²) < 4.78 is 26.7. The zero-order valence-corrected chi connectivity index (χ0v) is 11.7. The standard InChI is InChI=1S/C13H14N4O2S/c1-2-4-11-8-13(16-15-11)17-20(18,19)12-6-3-5-10(7-12)9-14/h3,5-8H,2,4H2,1H3,(H2,15,16,17). The van der Waals surface area contributed by atoms with Gasteiger partial charge in [-0.25, -0.2) is 8.42 Å². The Balaban J connectivity index is 2.24. The van der Waals surface area contributed by atoms with Gasteiger partial charge in [0.05, 0.1) is 16.5 Å². The van der Waals surface area contributed by atoms with Crippen LogP contribution in [0.3, 0.4) is 0 Å². The highest BCUT2D eigenvalue weighted by molar-refractivity contribution is 7.92. The molecule has 0 bridgehead atoms. The van der Waals surface area contributed by atoms with E-state index in [1.54, 1.807) is 12.1 Å². The zero-order valence-electron chi connectivity index (χ0n) is 10.9. The Morgan fingerprint density at radius 2 is 2.20 bits per heavy atom. The van der Waals surface area contributed by atoms with Crippen LogP contribution < -0.4 is 4.72 Å². The quantitative estimate of drug-likeness (QED) is 0.880. The minimum Gasteiger partial charge on any atom is -0.280 e. The number of aryl methyl sites for hydroxylation is 1. The Labute approximate surface area is 117 Å². The van der Waals surface area contributed by atoms with Crippen LogP contribution in [0.5, 0.6) is 0 Å². The molecule has 0 aliphatic rings. The van der Waals surface area contributed by atoms with Gasteiger partial charge in [0, 0.05) is 11.8 Å². The molecule has 2 rings (SSSR count). The molecular formula is C13H14N4O2S. The van der Waals surface area contributed by atoms with Crippen molar-refractivity contribution in [3.8, 4) is 6.07 Å². The molecule has 1 aromatic heterocycles. The molecule has 0 amide bonds. The van der Waals surface area contributed by atoms with Crippen LogP contribution in [0.25, 0.3) is 0 Å². The molecule has 6 nitrogen and oxygen atoms in total. The zero-order chi connectivity index (χ0) is 14.6. The molecule has 7 heteroatoms. The third kappa shape index (κ3) is 3.16. The summed E-state index contributed by atoms with van der Waals surface area (Å²) in [6.45, 7) is 2.03. The molecule has 1 heterocycles. The molecule has 0 saturated heterocycles. The van der Waals surface area contributed by atoms with Crippen LogP contribution in [0.4, 0.5) is 5.82 Å². The van der Waals surface area contributed by atoms with Crippen molar-refractivity contribution < 1.29 is 8.42 Å². The lowest BCUT2D eigenvalue weighted by Gasteiger charge is -2.05. The fourth-order valence-electron chi connectivity index (χ4n) is 1.74. The molecule has 0 aliphatic heterocycles. The van der Waals surface area contributed by atoms with Crippen molar-refractivity contribution in [1.82, 2.24) is 10.2 Å². The molecule has 0 atom stereocenters. The van der Waals surface area contributed by atoms with E-state index in [2.05, 4.69) is 14.9 Å². The third-order valence-corrected chi connectivity index (χ3v) is 4.02. The average molecular weight is 290 g/mol. The summed E-state index contributed by atoms with van der Waals surface area (Å²) in [4.78, 5) is 0.0385. The maximum atomic E-state index is 12.2. The summed E-state index contributed by atoms with van der Waals surface area (Å²) in [5.41, 5.74) is 1.16. The van der Waals surface area contributed by atoms with Crippen molar-refractivity contribution >= 4 is 15.8 Å². The van der Waals surface area contributed by atoms with Crippen LogP contribution in [0.2, 0.25) is 0 Å². The Kier molecular flexibility index (Phi) is 4.05. The molecule has 0 aliphatic carbocycles. The number of H-pyrrole nitrogens is 1. The Morgan fingerprint density at radius 1 is 1.40 bits per heavy atom. The summed E-state index contributed by atoms with van der Waals surface area (Å²) >= 11 is 0. The van der Waals surface area contributed by atoms with Gasteiger partial charge in [0.15, 0.2) is 5.82 Å². The monoisotopic (exact) mass is 290 g/mol. The molecule has 2 N–H and O–H groups in total. The van der Waals surface area contributed by atoms with Gasteiger partial charge in [-0.2, -0.15) is 10.4 Å². The van der Waals surface area contributed by atoms with Gasteiger partial charge < -0.3 is 0 Å². The highest BCUT2D eigenvalue weighted by Crippen LogP contribution is 2.16. The number of hydrogen-bond donors (Lipinski definition) is 2. The molecule has 0 saturated carbocycles. The van der Waals surface area contributed by atoms with Gasteiger partial charge in [0.1, 0.15) is 0 Å². The Hall–Kier alpha value is -2.33. The Morgan fingerprint density at radius 3 is 2.90 bits per heavy atom. The van der Waals surface area contributed by atoms with Crippen molar-refractivity contribution in [1.29, 1.82) is 5.26 Å². The molecule has 0 spiro atoms. The average Bonchev–Trinajstić information content (AvgIpc) is 2.86. The van der Waals surface area contributed by atoms with Crippen LogP contribution in [-0.4, -0.2) is 18.6 Å². The molecule has 0 radical (unpaired) electrons. The van der Waals surface area contributed by atoms with Gasteiger partial charge in [-0.1, -0.05) is 19.4 Å². The van der Waals surface area contributed by atoms with E-state index in [1.165, 1.54) is 18.2 Å². The van der Waals surface area contributed by atoms with Gasteiger partial charge in [-0.05, 0) is 24.6 Å². The minimum atomic E-state index is -3.73. The predicted molar refractivity (Wildman–Crippen MR) is 74.5 cm³/mol. The normalized spacial score (nSPS) is 11.0. The molecule has 104 valence electrons. The third-order valence-electron chi connectivity index (χ3n) is 2.66. The van der Waals surface area contributed by atoms with E-state index >= 15 is 0 Å². The van der Waals surface area contributed by atoms with Crippen molar-refractivity contribution in [3.05, 3.63) is 41.6 Å². The molecular weight excluding hydrogens is 276 g/mol. The summed E-state index contributed by atoms with van der Waals surface area (Å²) in [5.74, 6) is 0.246.